The number of aromatic nitrogens is 3. The van der Waals surface area contributed by atoms with Gasteiger partial charge in [-0.2, -0.15) is 5.10 Å². The molecule has 0 saturated carbocycles. The van der Waals surface area contributed by atoms with E-state index in [0.29, 0.717) is 18.9 Å². The van der Waals surface area contributed by atoms with Gasteiger partial charge in [-0.15, -0.1) is 0 Å². The lowest BCUT2D eigenvalue weighted by molar-refractivity contribution is -0.121. The summed E-state index contributed by atoms with van der Waals surface area (Å²) in [6, 6.07) is 0. The molecular weight excluding hydrogens is 198 g/mol. The highest BCUT2D eigenvalue weighted by Gasteiger charge is 2.02. The van der Waals surface area contributed by atoms with Crippen LogP contribution in [0.5, 0.6) is 0 Å². The molecule has 2 amide bonds. The van der Waals surface area contributed by atoms with Gasteiger partial charge in [0.25, 0.3) is 0 Å². The summed E-state index contributed by atoms with van der Waals surface area (Å²) >= 11 is 0. The Kier molecular flexibility index (Phi) is 4.27. The standard InChI is InChI=1S/C8H13N5O2/c1-6(14)9-3-2-8(15)10-4-7-11-5-12-13-7/h5H,2-4H2,1H3,(H,9,14)(H,10,15)(H,11,12,13). The first-order chi connectivity index (χ1) is 7.18. The molecule has 0 aliphatic rings. The zero-order valence-electron chi connectivity index (χ0n) is 8.41. The number of hydrogen-bond donors (Lipinski definition) is 3. The third-order valence-corrected chi connectivity index (χ3v) is 1.64. The fraction of sp³-hybridized carbons (Fsp3) is 0.500. The van der Waals surface area contributed by atoms with Gasteiger partial charge < -0.3 is 10.6 Å². The number of carbonyl (C=O) groups excluding carboxylic acids is 2. The third kappa shape index (κ3) is 4.75. The van der Waals surface area contributed by atoms with E-state index in [1.807, 2.05) is 0 Å². The fourth-order valence-corrected chi connectivity index (χ4v) is 0.939. The van der Waals surface area contributed by atoms with Crippen LogP contribution in [0.25, 0.3) is 0 Å². The quantitative estimate of drug-likeness (QED) is 0.578. The van der Waals surface area contributed by atoms with E-state index in [4.69, 9.17) is 0 Å². The highest BCUT2D eigenvalue weighted by atomic mass is 16.2. The maximum Gasteiger partial charge on any atom is 0.222 e. The Hall–Kier alpha value is -1.92. The fourth-order valence-electron chi connectivity index (χ4n) is 0.939. The van der Waals surface area contributed by atoms with Gasteiger partial charge in [0.2, 0.25) is 11.8 Å². The van der Waals surface area contributed by atoms with Crippen molar-refractivity contribution in [2.24, 2.45) is 0 Å². The maximum absolute atomic E-state index is 11.2. The molecule has 0 radical (unpaired) electrons. The molecule has 0 spiro atoms. The normalized spacial score (nSPS) is 9.67. The maximum atomic E-state index is 11.2. The number of aromatic amines is 1. The van der Waals surface area contributed by atoms with Crippen LogP contribution in [-0.2, 0) is 16.1 Å². The molecule has 0 aromatic carbocycles. The smallest absolute Gasteiger partial charge is 0.222 e. The van der Waals surface area contributed by atoms with Crippen molar-refractivity contribution in [1.29, 1.82) is 0 Å². The number of rotatable bonds is 5. The lowest BCUT2D eigenvalue weighted by Crippen LogP contribution is -2.29. The summed E-state index contributed by atoms with van der Waals surface area (Å²) in [6.45, 7) is 2.07. The Morgan fingerprint density at radius 2 is 2.27 bits per heavy atom. The average Bonchev–Trinajstić information content (AvgIpc) is 2.66. The lowest BCUT2D eigenvalue weighted by atomic mass is 10.4. The first kappa shape index (κ1) is 11.2. The van der Waals surface area contributed by atoms with Crippen LogP contribution in [0.3, 0.4) is 0 Å². The molecule has 0 atom stereocenters. The minimum Gasteiger partial charge on any atom is -0.356 e. The largest absolute Gasteiger partial charge is 0.356 e. The van der Waals surface area contributed by atoms with Gasteiger partial charge in [0.05, 0.1) is 6.54 Å². The number of hydrogen-bond acceptors (Lipinski definition) is 4. The van der Waals surface area contributed by atoms with Crippen molar-refractivity contribution in [1.82, 2.24) is 25.8 Å². The predicted molar refractivity (Wildman–Crippen MR) is 51.5 cm³/mol. The van der Waals surface area contributed by atoms with E-state index in [2.05, 4.69) is 25.8 Å². The lowest BCUT2D eigenvalue weighted by Gasteiger charge is -2.03. The molecule has 0 aliphatic heterocycles. The van der Waals surface area contributed by atoms with Crippen LogP contribution < -0.4 is 10.6 Å². The summed E-state index contributed by atoms with van der Waals surface area (Å²) in [7, 11) is 0. The summed E-state index contributed by atoms with van der Waals surface area (Å²) in [4.78, 5) is 25.5. The summed E-state index contributed by atoms with van der Waals surface area (Å²) in [5, 5.41) is 11.4. The molecule has 0 saturated heterocycles. The minimum atomic E-state index is -0.141. The van der Waals surface area contributed by atoms with Crippen molar-refractivity contribution in [2.45, 2.75) is 19.9 Å². The predicted octanol–water partition coefficient (Wildman–Crippen LogP) is -1.05. The molecule has 0 aliphatic carbocycles. The second-order valence-corrected chi connectivity index (χ2v) is 2.94. The van der Waals surface area contributed by atoms with E-state index in [1.54, 1.807) is 0 Å². The molecule has 7 nitrogen and oxygen atoms in total. The second kappa shape index (κ2) is 5.74. The number of H-pyrrole nitrogens is 1. The first-order valence-corrected chi connectivity index (χ1v) is 4.54. The molecule has 1 aromatic rings. The summed E-state index contributed by atoms with van der Waals surface area (Å²) in [5.41, 5.74) is 0. The number of nitrogens with one attached hydrogen (secondary N) is 3. The van der Waals surface area contributed by atoms with E-state index in [-0.39, 0.29) is 18.2 Å². The minimum absolute atomic E-state index is 0.139. The number of amides is 2. The van der Waals surface area contributed by atoms with Gasteiger partial charge >= 0.3 is 0 Å². The molecule has 0 fully saturated rings. The van der Waals surface area contributed by atoms with Crippen LogP contribution in [0, 0.1) is 0 Å². The Bertz CT molecular complexity index is 322. The average molecular weight is 211 g/mol. The van der Waals surface area contributed by atoms with Crippen molar-refractivity contribution >= 4 is 11.8 Å². The molecule has 0 unspecified atom stereocenters. The molecule has 1 aromatic heterocycles. The molecule has 1 heterocycles. The topological polar surface area (TPSA) is 99.8 Å². The molecule has 15 heavy (non-hydrogen) atoms. The summed E-state index contributed by atoms with van der Waals surface area (Å²) in [5.74, 6) is 0.320. The van der Waals surface area contributed by atoms with Crippen LogP contribution in [0.1, 0.15) is 19.2 Å². The van der Waals surface area contributed by atoms with Crippen LogP contribution in [0.15, 0.2) is 6.33 Å². The Morgan fingerprint density at radius 1 is 1.47 bits per heavy atom. The van der Waals surface area contributed by atoms with Gasteiger partial charge in [0, 0.05) is 19.9 Å². The highest BCUT2D eigenvalue weighted by Crippen LogP contribution is 1.85. The van der Waals surface area contributed by atoms with Gasteiger partial charge in [-0.05, 0) is 0 Å². The molecule has 1 rings (SSSR count). The van der Waals surface area contributed by atoms with Gasteiger partial charge in [0.1, 0.15) is 12.2 Å². The van der Waals surface area contributed by atoms with Gasteiger partial charge in [-0.25, -0.2) is 4.98 Å². The van der Waals surface area contributed by atoms with Gasteiger partial charge in [-0.1, -0.05) is 0 Å². The van der Waals surface area contributed by atoms with Crippen molar-refractivity contribution in [3.05, 3.63) is 12.2 Å². The zero-order valence-corrected chi connectivity index (χ0v) is 8.41. The number of carbonyl (C=O) groups is 2. The summed E-state index contributed by atoms with van der Waals surface area (Å²) < 4.78 is 0. The summed E-state index contributed by atoms with van der Waals surface area (Å²) in [6.07, 6.45) is 1.63. The Labute approximate surface area is 86.7 Å². The van der Waals surface area contributed by atoms with Crippen molar-refractivity contribution in [3.63, 3.8) is 0 Å². The van der Waals surface area contributed by atoms with E-state index in [0.717, 1.165) is 0 Å². The molecule has 7 heteroatoms. The van der Waals surface area contributed by atoms with E-state index >= 15 is 0 Å². The number of nitrogens with zero attached hydrogens (tertiary/aromatic N) is 2. The molecular formula is C8H13N5O2. The van der Waals surface area contributed by atoms with Gasteiger partial charge in [-0.3, -0.25) is 14.7 Å². The second-order valence-electron chi connectivity index (χ2n) is 2.94. The third-order valence-electron chi connectivity index (χ3n) is 1.64. The Balaban J connectivity index is 2.11. The SMILES string of the molecule is CC(=O)NCCC(=O)NCc1ncn[nH]1. The first-order valence-electron chi connectivity index (χ1n) is 4.54. The monoisotopic (exact) mass is 211 g/mol. The Morgan fingerprint density at radius 3 is 2.87 bits per heavy atom. The zero-order chi connectivity index (χ0) is 11.1. The van der Waals surface area contributed by atoms with Crippen molar-refractivity contribution < 1.29 is 9.59 Å². The van der Waals surface area contributed by atoms with Crippen molar-refractivity contribution in [2.75, 3.05) is 6.54 Å². The van der Waals surface area contributed by atoms with Crippen LogP contribution in [0.4, 0.5) is 0 Å². The van der Waals surface area contributed by atoms with Crippen LogP contribution in [0.2, 0.25) is 0 Å². The highest BCUT2D eigenvalue weighted by molar-refractivity contribution is 5.77. The van der Waals surface area contributed by atoms with E-state index in [1.165, 1.54) is 13.3 Å². The van der Waals surface area contributed by atoms with Crippen molar-refractivity contribution in [3.8, 4) is 0 Å². The molecule has 82 valence electrons. The molecule has 3 N–H and O–H groups in total. The van der Waals surface area contributed by atoms with Crippen LogP contribution >= 0.6 is 0 Å². The van der Waals surface area contributed by atoms with E-state index in [9.17, 15) is 9.59 Å². The van der Waals surface area contributed by atoms with Gasteiger partial charge in [0.15, 0.2) is 0 Å². The molecule has 0 bridgehead atoms. The van der Waals surface area contributed by atoms with Crippen LogP contribution in [-0.4, -0.2) is 33.5 Å². The van der Waals surface area contributed by atoms with E-state index < -0.39 is 0 Å².